The molecule has 0 spiro atoms. The van der Waals surface area contributed by atoms with Gasteiger partial charge < -0.3 is 0 Å². The summed E-state index contributed by atoms with van der Waals surface area (Å²) < 4.78 is 182. The first kappa shape index (κ1) is 28.6. The van der Waals surface area contributed by atoms with Gasteiger partial charge >= 0.3 is 16.5 Å². The predicted molar refractivity (Wildman–Crippen MR) is 89.3 cm³/mol. The quantitative estimate of drug-likeness (QED) is 0.354. The van der Waals surface area contributed by atoms with E-state index in [4.69, 9.17) is 0 Å². The summed E-state index contributed by atoms with van der Waals surface area (Å²) in [5.41, 5.74) is -19.6. The van der Waals surface area contributed by atoms with Gasteiger partial charge in [0, 0.05) is 4.47 Å². The molecule has 0 heterocycles. The summed E-state index contributed by atoms with van der Waals surface area (Å²) in [5.74, 6) is 0. The molecule has 0 saturated carbocycles. The maximum absolute atomic E-state index is 12.8. The van der Waals surface area contributed by atoms with Crippen molar-refractivity contribution in [2.75, 3.05) is 0 Å². The van der Waals surface area contributed by atoms with Crippen molar-refractivity contribution in [3.63, 3.8) is 0 Å². The maximum Gasteiger partial charge on any atom is 0.502 e. The average Bonchev–Trinajstić information content (AvgIpc) is 2.42. The summed E-state index contributed by atoms with van der Waals surface area (Å²) in [5, 5.41) is 0. The van der Waals surface area contributed by atoms with Gasteiger partial charge in [0.25, 0.3) is 29.5 Å². The summed E-state index contributed by atoms with van der Waals surface area (Å²) in [6.07, 6.45) is 0. The van der Waals surface area contributed by atoms with Crippen LogP contribution in [0.4, 0.5) is 39.5 Å². The van der Waals surface area contributed by atoms with E-state index in [0.717, 1.165) is 0 Å². The van der Waals surface area contributed by atoms with Crippen LogP contribution >= 0.6 is 39.9 Å². The molecule has 0 fully saturated rings. The first-order valence-electron chi connectivity index (χ1n) is 5.78. The zero-order valence-corrected chi connectivity index (χ0v) is 18.9. The molecule has 0 bridgehead atoms. The maximum atomic E-state index is 12.8. The molecule has 0 aliphatic heterocycles. The minimum Gasteiger partial charge on any atom is -0.214 e. The molecule has 29 heavy (non-hydrogen) atoms. The molecule has 1 aromatic carbocycles. The molecule has 0 atom stereocenters. The number of rotatable bonds is 3. The van der Waals surface area contributed by atoms with Crippen LogP contribution in [-0.4, -0.2) is 41.8 Å². The van der Waals surface area contributed by atoms with Gasteiger partial charge in [-0.2, -0.15) is 39.5 Å². The van der Waals surface area contributed by atoms with Crippen LogP contribution in [0.5, 0.6) is 0 Å². The molecule has 0 aliphatic carbocycles. The topological polar surface area (TPSA) is 102 Å². The van der Waals surface area contributed by atoms with Gasteiger partial charge in [0.05, 0.1) is 4.90 Å². The lowest BCUT2D eigenvalue weighted by Gasteiger charge is -2.19. The number of alkyl halides is 9. The van der Waals surface area contributed by atoms with E-state index in [0.29, 0.717) is 0 Å². The Bertz CT molecular complexity index is 1120. The largest absolute Gasteiger partial charge is 0.502 e. The Kier molecular flexibility index (Phi) is 7.87. The first-order chi connectivity index (χ1) is 12.0. The number of benzene rings is 1. The third-order valence-corrected chi connectivity index (χ3v) is 8.62. The second-order valence-corrected chi connectivity index (χ2v) is 11.1. The Balaban J connectivity index is 0.00000784. The summed E-state index contributed by atoms with van der Waals surface area (Å²) in [6.45, 7) is 0. The molecule has 20 heteroatoms. The van der Waals surface area contributed by atoms with Gasteiger partial charge in [-0.1, -0.05) is 0 Å². The van der Waals surface area contributed by atoms with Crippen molar-refractivity contribution in [2.24, 2.45) is 0 Å². The highest BCUT2D eigenvalue weighted by molar-refractivity contribution is 14.0. The van der Waals surface area contributed by atoms with Gasteiger partial charge in [-0.15, -0.1) is 24.0 Å². The lowest BCUT2D eigenvalue weighted by molar-refractivity contribution is -0.0465. The highest BCUT2D eigenvalue weighted by Gasteiger charge is 2.59. The Hall–Kier alpha value is -0.350. The Morgan fingerprint density at radius 1 is 0.586 bits per heavy atom. The molecule has 1 rings (SSSR count). The van der Waals surface area contributed by atoms with Gasteiger partial charge in [-0.05, 0) is 28.1 Å². The Morgan fingerprint density at radius 2 is 0.897 bits per heavy atom. The third kappa shape index (κ3) is 4.79. The van der Waals surface area contributed by atoms with E-state index >= 15 is 0 Å². The van der Waals surface area contributed by atoms with E-state index in [1.807, 2.05) is 15.9 Å². The smallest absolute Gasteiger partial charge is 0.214 e. The number of hydrogen-bond donors (Lipinski definition) is 0. The zero-order valence-electron chi connectivity index (χ0n) is 12.5. The van der Waals surface area contributed by atoms with Crippen LogP contribution < -0.4 is 0 Å². The third-order valence-electron chi connectivity index (χ3n) is 2.77. The standard InChI is InChI=1S/C9H2BrF9O6S3.HI/c10-3-1-2-4(26(20,21)7(11,12)13)6(28(24,25)9(17,18)19)5(3)27(22,23)8(14,15)16;/h1-2H;1H. The van der Waals surface area contributed by atoms with E-state index in [-0.39, 0.29) is 30.0 Å². The summed E-state index contributed by atoms with van der Waals surface area (Å²) >= 11 is 2.00. The fourth-order valence-corrected chi connectivity index (χ4v) is 6.75. The minimum absolute atomic E-state index is 0. The van der Waals surface area contributed by atoms with Crippen molar-refractivity contribution in [3.8, 4) is 0 Å². The highest BCUT2D eigenvalue weighted by atomic mass is 127. The summed E-state index contributed by atoms with van der Waals surface area (Å²) in [6, 6.07) is -0.520. The molecule has 0 aliphatic rings. The second kappa shape index (κ2) is 7.97. The average molecular weight is 681 g/mol. The molecule has 0 radical (unpaired) electrons. The predicted octanol–water partition coefficient (Wildman–Crippen LogP) is 3.95. The van der Waals surface area contributed by atoms with Crippen molar-refractivity contribution in [1.29, 1.82) is 0 Å². The monoisotopic (exact) mass is 680 g/mol. The van der Waals surface area contributed by atoms with E-state index in [2.05, 4.69) is 0 Å². The van der Waals surface area contributed by atoms with Crippen molar-refractivity contribution in [2.45, 2.75) is 31.2 Å². The van der Waals surface area contributed by atoms with E-state index in [9.17, 15) is 64.8 Å². The normalized spacial score (nSPS) is 14.4. The fraction of sp³-hybridized carbons (Fsp3) is 0.333. The number of sulfone groups is 3. The summed E-state index contributed by atoms with van der Waals surface area (Å²) in [7, 11) is -21.4. The van der Waals surface area contributed by atoms with Crippen LogP contribution in [0.25, 0.3) is 0 Å². The summed E-state index contributed by atoms with van der Waals surface area (Å²) in [4.78, 5) is -8.94. The van der Waals surface area contributed by atoms with Gasteiger partial charge in [0.1, 0.15) is 9.79 Å². The molecule has 0 aromatic heterocycles. The van der Waals surface area contributed by atoms with E-state index in [1.54, 1.807) is 0 Å². The van der Waals surface area contributed by atoms with Crippen LogP contribution in [-0.2, 0) is 29.5 Å². The molecular formula is C9H3BrF9IO6S3. The lowest BCUT2D eigenvalue weighted by atomic mass is 10.4. The number of halogens is 11. The molecule has 0 unspecified atom stereocenters. The van der Waals surface area contributed by atoms with Crippen molar-refractivity contribution < 1.29 is 64.8 Å². The van der Waals surface area contributed by atoms with Crippen LogP contribution in [0.15, 0.2) is 31.3 Å². The van der Waals surface area contributed by atoms with Gasteiger partial charge in [-0.3, -0.25) is 0 Å². The van der Waals surface area contributed by atoms with Gasteiger partial charge in [0.2, 0.25) is 0 Å². The van der Waals surface area contributed by atoms with Crippen LogP contribution in [0.3, 0.4) is 0 Å². The van der Waals surface area contributed by atoms with Crippen molar-refractivity contribution >= 4 is 69.4 Å². The van der Waals surface area contributed by atoms with Crippen LogP contribution in [0.2, 0.25) is 0 Å². The number of hydrogen-bond acceptors (Lipinski definition) is 6. The van der Waals surface area contributed by atoms with Gasteiger partial charge in [0.15, 0.2) is 0 Å². The van der Waals surface area contributed by atoms with Crippen molar-refractivity contribution in [1.82, 2.24) is 0 Å². The molecule has 0 N–H and O–H groups in total. The van der Waals surface area contributed by atoms with Crippen LogP contribution in [0.1, 0.15) is 0 Å². The lowest BCUT2D eigenvalue weighted by Crippen LogP contribution is -2.33. The van der Waals surface area contributed by atoms with E-state index < -0.39 is 71.3 Å². The van der Waals surface area contributed by atoms with E-state index in [1.165, 1.54) is 0 Å². The highest BCUT2D eigenvalue weighted by Crippen LogP contribution is 2.46. The fourth-order valence-electron chi connectivity index (χ4n) is 1.59. The SMILES string of the molecule is I.O=S(=O)(c1ccc(Br)c(S(=O)(=O)C(F)(F)F)c1S(=O)(=O)C(F)(F)F)C(F)(F)F. The Morgan fingerprint density at radius 3 is 1.21 bits per heavy atom. The molecule has 170 valence electrons. The molecule has 1 aromatic rings. The minimum atomic E-state index is -7.34. The molecule has 0 amide bonds. The molecule has 6 nitrogen and oxygen atoms in total. The molecular weight excluding hydrogens is 678 g/mol. The first-order valence-corrected chi connectivity index (χ1v) is 11.0. The Labute approximate surface area is 181 Å². The van der Waals surface area contributed by atoms with Gasteiger partial charge in [-0.25, -0.2) is 25.3 Å². The van der Waals surface area contributed by atoms with Crippen molar-refractivity contribution in [3.05, 3.63) is 16.6 Å². The zero-order chi connectivity index (χ0) is 22.7. The second-order valence-electron chi connectivity index (χ2n) is 4.55. The molecule has 0 saturated heterocycles. The van der Waals surface area contributed by atoms with Crippen LogP contribution in [0, 0.1) is 0 Å².